The summed E-state index contributed by atoms with van der Waals surface area (Å²) >= 11 is 0. The van der Waals surface area contributed by atoms with Crippen LogP contribution >= 0.6 is 0 Å². The first-order valence-corrected chi connectivity index (χ1v) is 6.78. The van der Waals surface area contributed by atoms with Gasteiger partial charge in [-0.15, -0.1) is 0 Å². The minimum absolute atomic E-state index is 0.00595. The molecule has 18 heavy (non-hydrogen) atoms. The molecular weight excluding hydrogens is 228 g/mol. The maximum atomic E-state index is 12.7. The summed E-state index contributed by atoms with van der Waals surface area (Å²) in [7, 11) is 0. The van der Waals surface area contributed by atoms with Crippen LogP contribution in [0.4, 0.5) is 0 Å². The van der Waals surface area contributed by atoms with Crippen molar-refractivity contribution >= 4 is 11.8 Å². The zero-order valence-corrected chi connectivity index (χ0v) is 12.0. The Bertz CT molecular complexity index is 382. The molecule has 1 heterocycles. The molecule has 102 valence electrons. The van der Waals surface area contributed by atoms with Crippen LogP contribution in [-0.2, 0) is 9.59 Å². The molecule has 0 radical (unpaired) electrons. The van der Waals surface area contributed by atoms with Crippen LogP contribution in [0.2, 0.25) is 0 Å². The standard InChI is InChI=1S/C14H24N2O2/c1-9-11(17)15-14(5,10-6-7-10)12(18)16(9)8-13(2,3)4/h9-10H,6-8H2,1-5H3,(H,15,17). The Labute approximate surface area is 109 Å². The van der Waals surface area contributed by atoms with Crippen LogP contribution in [0, 0.1) is 11.3 Å². The fourth-order valence-corrected chi connectivity index (χ4v) is 2.69. The molecule has 2 fully saturated rings. The Morgan fingerprint density at radius 1 is 1.33 bits per heavy atom. The predicted octanol–water partition coefficient (Wildman–Crippen LogP) is 1.55. The van der Waals surface area contributed by atoms with E-state index >= 15 is 0 Å². The predicted molar refractivity (Wildman–Crippen MR) is 69.9 cm³/mol. The average Bonchev–Trinajstić information content (AvgIpc) is 3.04. The van der Waals surface area contributed by atoms with E-state index in [2.05, 4.69) is 26.1 Å². The van der Waals surface area contributed by atoms with Crippen LogP contribution in [-0.4, -0.2) is 34.8 Å². The summed E-state index contributed by atoms with van der Waals surface area (Å²) in [6.07, 6.45) is 2.08. The smallest absolute Gasteiger partial charge is 0.249 e. The first kappa shape index (κ1) is 13.4. The van der Waals surface area contributed by atoms with Crippen molar-refractivity contribution in [3.05, 3.63) is 0 Å². The summed E-state index contributed by atoms with van der Waals surface area (Å²) in [6, 6.07) is -0.358. The molecule has 2 atom stereocenters. The van der Waals surface area contributed by atoms with Crippen molar-refractivity contribution in [2.75, 3.05) is 6.54 Å². The molecule has 0 aromatic carbocycles. The molecule has 2 amide bonds. The van der Waals surface area contributed by atoms with Gasteiger partial charge >= 0.3 is 0 Å². The van der Waals surface area contributed by atoms with E-state index in [1.807, 2.05) is 13.8 Å². The number of carbonyl (C=O) groups is 2. The van der Waals surface area contributed by atoms with Crippen molar-refractivity contribution in [2.24, 2.45) is 11.3 Å². The van der Waals surface area contributed by atoms with Crippen LogP contribution in [0.5, 0.6) is 0 Å². The van der Waals surface area contributed by atoms with Gasteiger partial charge in [-0.25, -0.2) is 0 Å². The maximum absolute atomic E-state index is 12.7. The highest BCUT2D eigenvalue weighted by molar-refractivity contribution is 5.99. The van der Waals surface area contributed by atoms with Crippen LogP contribution in [0.25, 0.3) is 0 Å². The fourth-order valence-electron chi connectivity index (χ4n) is 2.69. The van der Waals surface area contributed by atoms with Crippen molar-refractivity contribution in [1.29, 1.82) is 0 Å². The van der Waals surface area contributed by atoms with E-state index in [0.29, 0.717) is 12.5 Å². The Morgan fingerprint density at radius 2 is 1.89 bits per heavy atom. The molecule has 1 aliphatic carbocycles. The third-order valence-electron chi connectivity index (χ3n) is 3.97. The van der Waals surface area contributed by atoms with E-state index < -0.39 is 5.54 Å². The van der Waals surface area contributed by atoms with Gasteiger partial charge in [0.15, 0.2) is 0 Å². The van der Waals surface area contributed by atoms with Gasteiger partial charge in [0.2, 0.25) is 11.8 Å². The van der Waals surface area contributed by atoms with Gasteiger partial charge in [-0.05, 0) is 38.0 Å². The summed E-state index contributed by atoms with van der Waals surface area (Å²) < 4.78 is 0. The van der Waals surface area contributed by atoms with Crippen molar-refractivity contribution in [2.45, 2.75) is 59.0 Å². The second-order valence-corrected chi connectivity index (χ2v) is 7.14. The largest absolute Gasteiger partial charge is 0.340 e. The van der Waals surface area contributed by atoms with Gasteiger partial charge in [-0.1, -0.05) is 20.8 Å². The van der Waals surface area contributed by atoms with E-state index in [4.69, 9.17) is 0 Å². The number of rotatable bonds is 2. The summed E-state index contributed by atoms with van der Waals surface area (Å²) in [5.74, 6) is 0.393. The molecular formula is C14H24N2O2. The van der Waals surface area contributed by atoms with Crippen LogP contribution < -0.4 is 5.32 Å². The SMILES string of the molecule is CC1C(=O)NC(C)(C2CC2)C(=O)N1CC(C)(C)C. The summed E-state index contributed by atoms with van der Waals surface area (Å²) in [5, 5.41) is 2.94. The minimum atomic E-state index is -0.672. The van der Waals surface area contributed by atoms with E-state index in [1.54, 1.807) is 4.90 Å². The number of nitrogens with zero attached hydrogens (tertiary/aromatic N) is 1. The van der Waals surface area contributed by atoms with Gasteiger partial charge in [0.1, 0.15) is 11.6 Å². The van der Waals surface area contributed by atoms with Gasteiger partial charge in [-0.2, -0.15) is 0 Å². The molecule has 2 aliphatic rings. The van der Waals surface area contributed by atoms with E-state index in [9.17, 15) is 9.59 Å². The fraction of sp³-hybridized carbons (Fsp3) is 0.857. The lowest BCUT2D eigenvalue weighted by Crippen LogP contribution is -2.70. The molecule has 2 unspecified atom stereocenters. The molecule has 1 N–H and O–H groups in total. The quantitative estimate of drug-likeness (QED) is 0.810. The Hall–Kier alpha value is -1.06. The third kappa shape index (κ3) is 2.25. The van der Waals surface area contributed by atoms with Gasteiger partial charge in [0, 0.05) is 6.54 Å². The van der Waals surface area contributed by atoms with E-state index in [-0.39, 0.29) is 23.3 Å². The van der Waals surface area contributed by atoms with E-state index in [0.717, 1.165) is 12.8 Å². The highest BCUT2D eigenvalue weighted by Crippen LogP contribution is 2.42. The molecule has 0 aromatic rings. The topological polar surface area (TPSA) is 49.4 Å². The molecule has 2 rings (SSSR count). The number of piperazine rings is 1. The second kappa shape index (κ2) is 3.97. The summed E-state index contributed by atoms with van der Waals surface area (Å²) in [5.41, 5.74) is -0.666. The highest BCUT2D eigenvalue weighted by atomic mass is 16.2. The van der Waals surface area contributed by atoms with Gasteiger partial charge in [0.25, 0.3) is 0 Å². The van der Waals surface area contributed by atoms with Crippen molar-refractivity contribution in [3.8, 4) is 0 Å². The lowest BCUT2D eigenvalue weighted by atomic mass is 9.87. The molecule has 0 aromatic heterocycles. The number of carbonyl (C=O) groups excluding carboxylic acids is 2. The van der Waals surface area contributed by atoms with Gasteiger partial charge in [-0.3, -0.25) is 9.59 Å². The monoisotopic (exact) mass is 252 g/mol. The molecule has 4 nitrogen and oxygen atoms in total. The van der Waals surface area contributed by atoms with Crippen LogP contribution in [0.3, 0.4) is 0 Å². The normalized spacial score (nSPS) is 33.6. The Kier molecular flexibility index (Phi) is 2.95. The van der Waals surface area contributed by atoms with Gasteiger partial charge in [0.05, 0.1) is 0 Å². The first-order chi connectivity index (χ1) is 8.15. The molecule has 1 saturated heterocycles. The number of hydrogen-bond acceptors (Lipinski definition) is 2. The summed E-state index contributed by atoms with van der Waals surface area (Å²) in [6.45, 7) is 10.6. The number of hydrogen-bond donors (Lipinski definition) is 1. The maximum Gasteiger partial charge on any atom is 0.249 e. The number of nitrogens with one attached hydrogen (secondary N) is 1. The Morgan fingerprint density at radius 3 is 2.33 bits per heavy atom. The third-order valence-corrected chi connectivity index (χ3v) is 3.97. The minimum Gasteiger partial charge on any atom is -0.340 e. The molecule has 0 bridgehead atoms. The van der Waals surface area contributed by atoms with Crippen molar-refractivity contribution < 1.29 is 9.59 Å². The lowest BCUT2D eigenvalue weighted by Gasteiger charge is -2.45. The van der Waals surface area contributed by atoms with Crippen LogP contribution in [0.15, 0.2) is 0 Å². The highest BCUT2D eigenvalue weighted by Gasteiger charge is 2.54. The average molecular weight is 252 g/mol. The molecule has 4 heteroatoms. The second-order valence-electron chi connectivity index (χ2n) is 7.14. The zero-order valence-electron chi connectivity index (χ0n) is 12.0. The number of amides is 2. The van der Waals surface area contributed by atoms with E-state index in [1.165, 1.54) is 0 Å². The molecule has 0 spiro atoms. The first-order valence-electron chi connectivity index (χ1n) is 6.78. The summed E-state index contributed by atoms with van der Waals surface area (Å²) in [4.78, 5) is 26.5. The van der Waals surface area contributed by atoms with Crippen molar-refractivity contribution in [1.82, 2.24) is 10.2 Å². The lowest BCUT2D eigenvalue weighted by molar-refractivity contribution is -0.156. The zero-order chi connectivity index (χ0) is 13.7. The van der Waals surface area contributed by atoms with Gasteiger partial charge < -0.3 is 10.2 Å². The Balaban J connectivity index is 2.25. The molecule has 1 aliphatic heterocycles. The molecule has 1 saturated carbocycles. The van der Waals surface area contributed by atoms with Crippen molar-refractivity contribution in [3.63, 3.8) is 0 Å². The van der Waals surface area contributed by atoms with Crippen LogP contribution in [0.1, 0.15) is 47.5 Å².